The third-order valence-corrected chi connectivity index (χ3v) is 5.14. The Balaban J connectivity index is 2.01. The molecule has 5 nitrogen and oxygen atoms in total. The molecule has 2 aromatic heterocycles. The Morgan fingerprint density at radius 1 is 1.30 bits per heavy atom. The van der Waals surface area contributed by atoms with Gasteiger partial charge in [-0.3, -0.25) is 4.79 Å². The molecule has 1 amide bonds. The first-order valence-electron chi connectivity index (χ1n) is 7.00. The molecule has 0 aliphatic carbocycles. The number of hydrogen-bond donors (Lipinski definition) is 1. The van der Waals surface area contributed by atoms with Crippen molar-refractivity contribution in [3.05, 3.63) is 41.1 Å². The van der Waals surface area contributed by atoms with Gasteiger partial charge in [0.15, 0.2) is 0 Å². The number of amides is 1. The average molecular weight is 391 g/mol. The maximum atomic E-state index is 11.6. The van der Waals surface area contributed by atoms with Crippen molar-refractivity contribution in [1.29, 1.82) is 0 Å². The monoisotopic (exact) mass is 390 g/mol. The van der Waals surface area contributed by atoms with E-state index in [1.54, 1.807) is 18.4 Å². The Hall–Kier alpha value is -1.99. The number of thiophene rings is 1. The van der Waals surface area contributed by atoms with Gasteiger partial charge in [-0.2, -0.15) is 0 Å². The van der Waals surface area contributed by atoms with Gasteiger partial charge >= 0.3 is 0 Å². The maximum Gasteiger partial charge on any atom is 0.239 e. The molecule has 1 N–H and O–H groups in total. The number of fused-ring (bicyclic) bond motifs is 1. The van der Waals surface area contributed by atoms with E-state index in [9.17, 15) is 4.79 Å². The molecule has 7 heteroatoms. The highest BCUT2D eigenvalue weighted by atomic mass is 79.9. The minimum absolute atomic E-state index is 0.0519. The number of hydrogen-bond acceptors (Lipinski definition) is 5. The number of halogens is 1. The number of carbonyl (C=O) groups excluding carboxylic acids is 1. The van der Waals surface area contributed by atoms with Gasteiger partial charge in [0.1, 0.15) is 12.1 Å². The summed E-state index contributed by atoms with van der Waals surface area (Å²) in [5, 5.41) is 2.62. The Kier molecular flexibility index (Phi) is 4.58. The minimum Gasteiger partial charge on any atom is -0.358 e. The minimum atomic E-state index is -0.0519. The number of anilines is 1. The molecule has 0 saturated heterocycles. The SMILES string of the molecule is CNC(=O)CN(C)c1ncnc2cc(-c3ccc(Br)cc3)sc12. The molecular formula is C16H15BrN4OS. The van der Waals surface area contributed by atoms with Crippen molar-refractivity contribution in [1.82, 2.24) is 15.3 Å². The highest BCUT2D eigenvalue weighted by Gasteiger charge is 2.15. The fraction of sp³-hybridized carbons (Fsp3) is 0.188. The molecule has 23 heavy (non-hydrogen) atoms. The van der Waals surface area contributed by atoms with E-state index in [2.05, 4.69) is 49.4 Å². The zero-order chi connectivity index (χ0) is 16.4. The third kappa shape index (κ3) is 3.35. The van der Waals surface area contributed by atoms with E-state index in [1.807, 2.05) is 24.1 Å². The van der Waals surface area contributed by atoms with Crippen LogP contribution in [0.5, 0.6) is 0 Å². The summed E-state index contributed by atoms with van der Waals surface area (Å²) in [7, 11) is 3.48. The Morgan fingerprint density at radius 2 is 2.04 bits per heavy atom. The van der Waals surface area contributed by atoms with Crippen molar-refractivity contribution in [2.24, 2.45) is 0 Å². The third-order valence-electron chi connectivity index (χ3n) is 3.44. The molecule has 0 spiro atoms. The van der Waals surface area contributed by atoms with Gasteiger partial charge in [-0.15, -0.1) is 11.3 Å². The zero-order valence-corrected chi connectivity index (χ0v) is 15.1. The van der Waals surface area contributed by atoms with E-state index >= 15 is 0 Å². The Labute approximate surface area is 146 Å². The molecule has 0 aliphatic rings. The number of aromatic nitrogens is 2. The van der Waals surface area contributed by atoms with Crippen molar-refractivity contribution >= 4 is 49.2 Å². The second kappa shape index (κ2) is 6.64. The maximum absolute atomic E-state index is 11.6. The average Bonchev–Trinajstić information content (AvgIpc) is 2.99. The van der Waals surface area contributed by atoms with Crippen molar-refractivity contribution in [2.45, 2.75) is 0 Å². The first-order chi connectivity index (χ1) is 11.1. The van der Waals surface area contributed by atoms with Crippen molar-refractivity contribution in [3.63, 3.8) is 0 Å². The van der Waals surface area contributed by atoms with Crippen LogP contribution in [-0.4, -0.2) is 36.5 Å². The van der Waals surface area contributed by atoms with Crippen LogP contribution in [0.3, 0.4) is 0 Å². The van der Waals surface area contributed by atoms with Gasteiger partial charge in [0, 0.05) is 23.4 Å². The van der Waals surface area contributed by atoms with Gasteiger partial charge < -0.3 is 10.2 Å². The summed E-state index contributed by atoms with van der Waals surface area (Å²) < 4.78 is 2.03. The Bertz CT molecular complexity index is 847. The standard InChI is InChI=1S/C16H15BrN4OS/c1-18-14(22)8-21(2)16-15-12(19-9-20-16)7-13(23-15)10-3-5-11(17)6-4-10/h3-7,9H,8H2,1-2H3,(H,18,22). The molecule has 0 radical (unpaired) electrons. The van der Waals surface area contributed by atoms with Crippen LogP contribution in [0, 0.1) is 0 Å². The van der Waals surface area contributed by atoms with Gasteiger partial charge in [-0.05, 0) is 23.8 Å². The fourth-order valence-corrected chi connectivity index (χ4v) is 3.66. The summed E-state index contributed by atoms with van der Waals surface area (Å²) in [5.41, 5.74) is 2.03. The Morgan fingerprint density at radius 3 is 2.74 bits per heavy atom. The number of rotatable bonds is 4. The van der Waals surface area contributed by atoms with Crippen LogP contribution in [0.1, 0.15) is 0 Å². The predicted molar refractivity (Wildman–Crippen MR) is 97.9 cm³/mol. The fourth-order valence-electron chi connectivity index (χ4n) is 2.24. The van der Waals surface area contributed by atoms with Crippen LogP contribution >= 0.6 is 27.3 Å². The van der Waals surface area contributed by atoms with E-state index in [-0.39, 0.29) is 12.5 Å². The van der Waals surface area contributed by atoms with Crippen LogP contribution in [0.25, 0.3) is 20.7 Å². The van der Waals surface area contributed by atoms with E-state index in [0.29, 0.717) is 0 Å². The van der Waals surface area contributed by atoms with Gasteiger partial charge in [0.2, 0.25) is 5.91 Å². The lowest BCUT2D eigenvalue weighted by molar-refractivity contribution is -0.119. The van der Waals surface area contributed by atoms with Gasteiger partial charge in [-0.1, -0.05) is 28.1 Å². The molecule has 3 rings (SSSR count). The number of benzene rings is 1. The largest absolute Gasteiger partial charge is 0.358 e. The smallest absolute Gasteiger partial charge is 0.239 e. The summed E-state index contributed by atoms with van der Waals surface area (Å²) in [6.45, 7) is 0.258. The van der Waals surface area contributed by atoms with E-state index in [4.69, 9.17) is 0 Å². The summed E-state index contributed by atoms with van der Waals surface area (Å²) in [4.78, 5) is 23.3. The van der Waals surface area contributed by atoms with Crippen LogP contribution in [0.2, 0.25) is 0 Å². The number of likely N-dealkylation sites (N-methyl/N-ethyl adjacent to an activating group) is 2. The van der Waals surface area contributed by atoms with E-state index < -0.39 is 0 Å². The van der Waals surface area contributed by atoms with Gasteiger partial charge in [0.05, 0.1) is 16.8 Å². The molecule has 1 aromatic carbocycles. The summed E-state index contributed by atoms with van der Waals surface area (Å²) in [6, 6.07) is 10.2. The lowest BCUT2D eigenvalue weighted by Crippen LogP contribution is -2.33. The normalized spacial score (nSPS) is 10.7. The summed E-state index contributed by atoms with van der Waals surface area (Å²) in [6.07, 6.45) is 1.54. The lowest BCUT2D eigenvalue weighted by Gasteiger charge is -2.17. The van der Waals surface area contributed by atoms with Crippen molar-refractivity contribution in [2.75, 3.05) is 25.5 Å². The second-order valence-electron chi connectivity index (χ2n) is 5.06. The van der Waals surface area contributed by atoms with Crippen LogP contribution < -0.4 is 10.2 Å². The number of carbonyl (C=O) groups is 1. The van der Waals surface area contributed by atoms with Crippen LogP contribution in [0.4, 0.5) is 5.82 Å². The molecular weight excluding hydrogens is 376 g/mol. The van der Waals surface area contributed by atoms with Crippen molar-refractivity contribution < 1.29 is 4.79 Å². The molecule has 0 saturated carbocycles. The molecule has 118 valence electrons. The van der Waals surface area contributed by atoms with Crippen molar-refractivity contribution in [3.8, 4) is 10.4 Å². The zero-order valence-electron chi connectivity index (χ0n) is 12.7. The summed E-state index contributed by atoms with van der Waals surface area (Å²) >= 11 is 5.08. The van der Waals surface area contributed by atoms with Gasteiger partial charge in [0.25, 0.3) is 0 Å². The highest BCUT2D eigenvalue weighted by molar-refractivity contribution is 9.10. The summed E-state index contributed by atoms with van der Waals surface area (Å²) in [5.74, 6) is 0.718. The molecule has 2 heterocycles. The molecule has 0 unspecified atom stereocenters. The molecule has 3 aromatic rings. The number of nitrogens with one attached hydrogen (secondary N) is 1. The lowest BCUT2D eigenvalue weighted by atomic mass is 10.2. The first kappa shape index (κ1) is 15.9. The van der Waals surface area contributed by atoms with E-state index in [0.717, 1.165) is 30.9 Å². The number of nitrogens with zero attached hydrogens (tertiary/aromatic N) is 3. The molecule has 0 atom stereocenters. The quantitative estimate of drug-likeness (QED) is 0.742. The van der Waals surface area contributed by atoms with Gasteiger partial charge in [-0.25, -0.2) is 9.97 Å². The van der Waals surface area contributed by atoms with Crippen LogP contribution in [-0.2, 0) is 4.79 Å². The molecule has 0 aliphatic heterocycles. The topological polar surface area (TPSA) is 58.1 Å². The molecule has 0 fully saturated rings. The first-order valence-corrected chi connectivity index (χ1v) is 8.61. The second-order valence-corrected chi connectivity index (χ2v) is 7.03. The van der Waals surface area contributed by atoms with Crippen LogP contribution in [0.15, 0.2) is 41.1 Å². The predicted octanol–water partition coefficient (Wildman–Crippen LogP) is 3.30. The highest BCUT2D eigenvalue weighted by Crippen LogP contribution is 2.36. The van der Waals surface area contributed by atoms with E-state index in [1.165, 1.54) is 6.33 Å². The molecule has 0 bridgehead atoms.